The molecule has 1 saturated heterocycles. The Balaban J connectivity index is 1.99. The first-order valence-electron chi connectivity index (χ1n) is 6.09. The quantitative estimate of drug-likeness (QED) is 0.584. The van der Waals surface area contributed by atoms with Crippen LogP contribution in [-0.4, -0.2) is 41.7 Å². The van der Waals surface area contributed by atoms with Crippen LogP contribution in [0.3, 0.4) is 0 Å². The summed E-state index contributed by atoms with van der Waals surface area (Å²) < 4.78 is 0. The Bertz CT molecular complexity index is 431. The maximum absolute atomic E-state index is 11.5. The summed E-state index contributed by atoms with van der Waals surface area (Å²) in [6, 6.07) is 3.80. The lowest BCUT2D eigenvalue weighted by atomic mass is 10.1. The van der Waals surface area contributed by atoms with Crippen molar-refractivity contribution < 1.29 is 9.63 Å². The number of rotatable bonds is 5. The summed E-state index contributed by atoms with van der Waals surface area (Å²) in [6.45, 7) is 1.54. The molecule has 1 amide bonds. The van der Waals surface area contributed by atoms with Crippen LogP contribution in [0.2, 0.25) is 0 Å². The molecule has 5 heteroatoms. The van der Waals surface area contributed by atoms with Gasteiger partial charge in [-0.2, -0.15) is 0 Å². The van der Waals surface area contributed by atoms with E-state index in [9.17, 15) is 4.79 Å². The lowest BCUT2D eigenvalue weighted by molar-refractivity contribution is -0.127. The molecule has 1 aliphatic heterocycles. The summed E-state index contributed by atoms with van der Waals surface area (Å²) in [5, 5.41) is 4.02. The van der Waals surface area contributed by atoms with Crippen molar-refractivity contribution in [1.29, 1.82) is 0 Å². The van der Waals surface area contributed by atoms with Gasteiger partial charge in [0.2, 0.25) is 5.91 Å². The molecule has 0 aliphatic carbocycles. The molecule has 0 atom stereocenters. The first-order chi connectivity index (χ1) is 8.81. The number of hydrogen-bond donors (Lipinski definition) is 0. The first-order valence-corrected chi connectivity index (χ1v) is 6.09. The van der Waals surface area contributed by atoms with Gasteiger partial charge in [-0.05, 0) is 18.6 Å². The predicted octanol–water partition coefficient (Wildman–Crippen LogP) is 1.44. The Kier molecular flexibility index (Phi) is 4.28. The Morgan fingerprint density at radius 3 is 3.11 bits per heavy atom. The van der Waals surface area contributed by atoms with Crippen molar-refractivity contribution in [1.82, 2.24) is 9.88 Å². The van der Waals surface area contributed by atoms with Crippen LogP contribution in [0.4, 0.5) is 0 Å². The molecule has 0 aromatic carbocycles. The topological polar surface area (TPSA) is 54.8 Å². The van der Waals surface area contributed by atoms with Crippen molar-refractivity contribution in [2.75, 3.05) is 20.2 Å². The smallest absolute Gasteiger partial charge is 0.222 e. The minimum atomic E-state index is 0.234. The molecule has 0 unspecified atom stereocenters. The molecule has 2 heterocycles. The van der Waals surface area contributed by atoms with Gasteiger partial charge in [-0.25, -0.2) is 0 Å². The van der Waals surface area contributed by atoms with Crippen LogP contribution < -0.4 is 0 Å². The van der Waals surface area contributed by atoms with E-state index in [2.05, 4.69) is 10.1 Å². The zero-order chi connectivity index (χ0) is 12.8. The Hall–Kier alpha value is -1.91. The highest BCUT2D eigenvalue weighted by Gasteiger charge is 2.20. The summed E-state index contributed by atoms with van der Waals surface area (Å²) in [5.74, 6) is 0.234. The highest BCUT2D eigenvalue weighted by Crippen LogP contribution is 2.12. The molecular formula is C13H17N3O2. The lowest BCUT2D eigenvalue weighted by Crippen LogP contribution is -2.27. The van der Waals surface area contributed by atoms with Crippen LogP contribution in [0.15, 0.2) is 29.7 Å². The van der Waals surface area contributed by atoms with Crippen molar-refractivity contribution >= 4 is 11.6 Å². The van der Waals surface area contributed by atoms with E-state index in [1.807, 2.05) is 17.0 Å². The van der Waals surface area contributed by atoms with E-state index >= 15 is 0 Å². The minimum Gasteiger partial charge on any atom is -0.399 e. The van der Waals surface area contributed by atoms with Crippen LogP contribution >= 0.6 is 0 Å². The van der Waals surface area contributed by atoms with Crippen molar-refractivity contribution in [2.45, 2.75) is 19.3 Å². The Labute approximate surface area is 106 Å². The van der Waals surface area contributed by atoms with Gasteiger partial charge in [0.15, 0.2) is 0 Å². The van der Waals surface area contributed by atoms with Crippen molar-refractivity contribution in [2.24, 2.45) is 5.16 Å². The van der Waals surface area contributed by atoms with E-state index in [0.717, 1.165) is 24.2 Å². The van der Waals surface area contributed by atoms with Crippen molar-refractivity contribution in [3.8, 4) is 0 Å². The Morgan fingerprint density at radius 2 is 2.50 bits per heavy atom. The number of hydrogen-bond acceptors (Lipinski definition) is 4. The van der Waals surface area contributed by atoms with Gasteiger partial charge in [-0.3, -0.25) is 9.78 Å². The van der Waals surface area contributed by atoms with E-state index in [1.165, 1.54) is 7.11 Å². The average molecular weight is 247 g/mol. The third-order valence-electron chi connectivity index (χ3n) is 2.99. The molecular weight excluding hydrogens is 230 g/mol. The second-order valence-electron chi connectivity index (χ2n) is 4.20. The second kappa shape index (κ2) is 6.14. The molecule has 1 fully saturated rings. The number of amides is 1. The van der Waals surface area contributed by atoms with Gasteiger partial charge in [0.25, 0.3) is 0 Å². The zero-order valence-electron chi connectivity index (χ0n) is 10.5. The molecule has 0 spiro atoms. The average Bonchev–Trinajstić information content (AvgIpc) is 2.81. The van der Waals surface area contributed by atoms with Gasteiger partial charge in [-0.15, -0.1) is 0 Å². The second-order valence-corrected chi connectivity index (χ2v) is 4.20. The zero-order valence-corrected chi connectivity index (χ0v) is 10.5. The fourth-order valence-electron chi connectivity index (χ4n) is 2.07. The summed E-state index contributed by atoms with van der Waals surface area (Å²) in [6.07, 6.45) is 5.79. The van der Waals surface area contributed by atoms with Crippen molar-refractivity contribution in [3.05, 3.63) is 30.1 Å². The van der Waals surface area contributed by atoms with Crippen LogP contribution in [0.5, 0.6) is 0 Å². The molecule has 2 rings (SSSR count). The number of pyridine rings is 1. The fourth-order valence-corrected chi connectivity index (χ4v) is 2.07. The third-order valence-corrected chi connectivity index (χ3v) is 2.99. The number of likely N-dealkylation sites (tertiary alicyclic amines) is 1. The molecule has 1 aliphatic rings. The van der Waals surface area contributed by atoms with E-state index in [-0.39, 0.29) is 5.91 Å². The summed E-state index contributed by atoms with van der Waals surface area (Å²) in [4.78, 5) is 22.3. The largest absolute Gasteiger partial charge is 0.399 e. The van der Waals surface area contributed by atoms with Crippen LogP contribution in [0, 0.1) is 0 Å². The van der Waals surface area contributed by atoms with Gasteiger partial charge < -0.3 is 9.74 Å². The Morgan fingerprint density at radius 1 is 1.61 bits per heavy atom. The SMILES string of the molecule is CON=C(CCN1CCCC1=O)c1cccnc1. The number of oxime groups is 1. The standard InChI is InChI=1S/C13H17N3O2/c1-18-15-12(11-4-2-7-14-10-11)6-9-16-8-3-5-13(16)17/h2,4,7,10H,3,5-6,8-9H2,1H3. The summed E-state index contributed by atoms with van der Waals surface area (Å²) in [5.41, 5.74) is 1.76. The number of aromatic nitrogens is 1. The van der Waals surface area contributed by atoms with E-state index < -0.39 is 0 Å². The van der Waals surface area contributed by atoms with Gasteiger partial charge in [0.05, 0.1) is 5.71 Å². The fraction of sp³-hybridized carbons (Fsp3) is 0.462. The van der Waals surface area contributed by atoms with Crippen LogP contribution in [-0.2, 0) is 9.63 Å². The number of carbonyl (C=O) groups is 1. The van der Waals surface area contributed by atoms with Gasteiger partial charge in [0.1, 0.15) is 7.11 Å². The predicted molar refractivity (Wildman–Crippen MR) is 68.2 cm³/mol. The molecule has 1 aromatic heterocycles. The molecule has 18 heavy (non-hydrogen) atoms. The van der Waals surface area contributed by atoms with E-state index in [1.54, 1.807) is 12.4 Å². The van der Waals surface area contributed by atoms with Gasteiger partial charge in [-0.1, -0.05) is 5.16 Å². The maximum Gasteiger partial charge on any atom is 0.222 e. The maximum atomic E-state index is 11.5. The molecule has 0 bridgehead atoms. The van der Waals surface area contributed by atoms with E-state index in [4.69, 9.17) is 4.84 Å². The highest BCUT2D eigenvalue weighted by molar-refractivity contribution is 6.00. The highest BCUT2D eigenvalue weighted by atomic mass is 16.6. The lowest BCUT2D eigenvalue weighted by Gasteiger charge is -2.15. The van der Waals surface area contributed by atoms with Crippen molar-refractivity contribution in [3.63, 3.8) is 0 Å². The molecule has 96 valence electrons. The third kappa shape index (κ3) is 3.06. The van der Waals surface area contributed by atoms with Crippen LogP contribution in [0.1, 0.15) is 24.8 Å². The van der Waals surface area contributed by atoms with E-state index in [0.29, 0.717) is 19.4 Å². The molecule has 1 aromatic rings. The molecule has 5 nitrogen and oxygen atoms in total. The molecule has 0 saturated carbocycles. The first kappa shape index (κ1) is 12.5. The summed E-state index contributed by atoms with van der Waals surface area (Å²) >= 11 is 0. The molecule has 0 radical (unpaired) electrons. The summed E-state index contributed by atoms with van der Waals surface area (Å²) in [7, 11) is 1.53. The number of carbonyl (C=O) groups excluding carboxylic acids is 1. The monoisotopic (exact) mass is 247 g/mol. The van der Waals surface area contributed by atoms with Crippen LogP contribution in [0.25, 0.3) is 0 Å². The number of nitrogens with zero attached hydrogens (tertiary/aromatic N) is 3. The van der Waals surface area contributed by atoms with Gasteiger partial charge in [0, 0.05) is 43.9 Å². The normalized spacial score (nSPS) is 16.2. The van der Waals surface area contributed by atoms with Gasteiger partial charge >= 0.3 is 0 Å². The molecule has 0 N–H and O–H groups in total. The minimum absolute atomic E-state index is 0.234.